The van der Waals surface area contributed by atoms with Crippen LogP contribution in [0.1, 0.15) is 0 Å². The van der Waals surface area contributed by atoms with E-state index in [2.05, 4.69) is 4.98 Å². The van der Waals surface area contributed by atoms with Gasteiger partial charge in [-0.05, 0) is 23.6 Å². The van der Waals surface area contributed by atoms with Crippen molar-refractivity contribution in [1.82, 2.24) is 4.98 Å². The van der Waals surface area contributed by atoms with Crippen LogP contribution in [0.25, 0.3) is 10.8 Å². The van der Waals surface area contributed by atoms with Gasteiger partial charge in [0.05, 0.1) is 5.02 Å². The van der Waals surface area contributed by atoms with Gasteiger partial charge in [-0.2, -0.15) is 0 Å². The number of fused-ring (bicyclic) bond motifs is 1. The highest BCUT2D eigenvalue weighted by Gasteiger charge is 2.00. The number of pyridine rings is 1. The molecular formula is C9H5ClFN. The SMILES string of the molecule is Fc1cc2cnccc2cc1Cl. The Morgan fingerprint density at radius 2 is 2.08 bits per heavy atom. The molecule has 0 aliphatic carbocycles. The zero-order valence-electron chi connectivity index (χ0n) is 6.09. The van der Waals surface area contributed by atoms with Gasteiger partial charge in [0.2, 0.25) is 0 Å². The van der Waals surface area contributed by atoms with Gasteiger partial charge in [-0.3, -0.25) is 4.98 Å². The molecule has 0 amide bonds. The highest BCUT2D eigenvalue weighted by molar-refractivity contribution is 6.31. The van der Waals surface area contributed by atoms with Gasteiger partial charge in [0, 0.05) is 17.8 Å². The summed E-state index contributed by atoms with van der Waals surface area (Å²) in [6.45, 7) is 0. The van der Waals surface area contributed by atoms with E-state index in [1.54, 1.807) is 24.5 Å². The molecule has 0 aliphatic rings. The predicted molar refractivity (Wildman–Crippen MR) is 46.7 cm³/mol. The van der Waals surface area contributed by atoms with Crippen LogP contribution in [0.15, 0.2) is 30.6 Å². The lowest BCUT2D eigenvalue weighted by Crippen LogP contribution is -1.79. The van der Waals surface area contributed by atoms with Crippen molar-refractivity contribution in [3.63, 3.8) is 0 Å². The Balaban J connectivity index is 2.84. The molecular weight excluding hydrogens is 177 g/mol. The molecule has 1 aromatic carbocycles. The Bertz CT molecular complexity index is 387. The lowest BCUT2D eigenvalue weighted by Gasteiger charge is -1.97. The third-order valence-corrected chi connectivity index (χ3v) is 1.97. The van der Waals surface area contributed by atoms with Gasteiger partial charge in [0.15, 0.2) is 0 Å². The molecule has 1 heterocycles. The van der Waals surface area contributed by atoms with E-state index >= 15 is 0 Å². The number of rotatable bonds is 0. The average Bonchev–Trinajstić information content (AvgIpc) is 2.07. The average molecular weight is 182 g/mol. The first-order valence-electron chi connectivity index (χ1n) is 3.46. The maximum atomic E-state index is 12.9. The van der Waals surface area contributed by atoms with E-state index in [0.717, 1.165) is 10.8 Å². The molecule has 3 heteroatoms. The summed E-state index contributed by atoms with van der Waals surface area (Å²) in [5, 5.41) is 1.81. The first-order chi connectivity index (χ1) is 5.77. The molecule has 0 aliphatic heterocycles. The van der Waals surface area contributed by atoms with Crippen LogP contribution in [0.3, 0.4) is 0 Å². The molecule has 2 rings (SSSR count). The second-order valence-corrected chi connectivity index (χ2v) is 2.90. The lowest BCUT2D eigenvalue weighted by atomic mass is 10.2. The van der Waals surface area contributed by atoms with E-state index in [1.807, 2.05) is 0 Å². The van der Waals surface area contributed by atoms with Gasteiger partial charge in [-0.15, -0.1) is 0 Å². The quantitative estimate of drug-likeness (QED) is 0.609. The molecule has 1 nitrogen and oxygen atoms in total. The minimum Gasteiger partial charge on any atom is -0.264 e. The molecule has 0 unspecified atom stereocenters. The molecule has 1 aromatic heterocycles. The molecule has 0 saturated heterocycles. The highest BCUT2D eigenvalue weighted by Crippen LogP contribution is 2.21. The topological polar surface area (TPSA) is 12.9 Å². The summed E-state index contributed by atoms with van der Waals surface area (Å²) in [5.74, 6) is -0.405. The molecule has 0 saturated carbocycles. The summed E-state index contributed by atoms with van der Waals surface area (Å²) in [4.78, 5) is 3.87. The highest BCUT2D eigenvalue weighted by atomic mass is 35.5. The number of hydrogen-bond acceptors (Lipinski definition) is 1. The minimum absolute atomic E-state index is 0.147. The van der Waals surface area contributed by atoms with Crippen LogP contribution >= 0.6 is 11.6 Å². The van der Waals surface area contributed by atoms with Crippen molar-refractivity contribution < 1.29 is 4.39 Å². The molecule has 2 aromatic rings. The summed E-state index contributed by atoms with van der Waals surface area (Å²) in [7, 11) is 0. The number of benzene rings is 1. The summed E-state index contributed by atoms with van der Waals surface area (Å²) in [6, 6.07) is 4.76. The minimum atomic E-state index is -0.405. The van der Waals surface area contributed by atoms with Crippen molar-refractivity contribution in [2.75, 3.05) is 0 Å². The van der Waals surface area contributed by atoms with E-state index in [1.165, 1.54) is 6.07 Å². The van der Waals surface area contributed by atoms with Crippen molar-refractivity contribution in [2.45, 2.75) is 0 Å². The zero-order chi connectivity index (χ0) is 8.55. The van der Waals surface area contributed by atoms with Gasteiger partial charge in [-0.1, -0.05) is 11.6 Å². The fourth-order valence-corrected chi connectivity index (χ4v) is 1.25. The van der Waals surface area contributed by atoms with Gasteiger partial charge in [-0.25, -0.2) is 4.39 Å². The zero-order valence-corrected chi connectivity index (χ0v) is 6.85. The van der Waals surface area contributed by atoms with Gasteiger partial charge in [0.25, 0.3) is 0 Å². The fraction of sp³-hybridized carbons (Fsp3) is 0. The summed E-state index contributed by atoms with van der Waals surface area (Å²) >= 11 is 5.59. The monoisotopic (exact) mass is 181 g/mol. The fourth-order valence-electron chi connectivity index (χ4n) is 1.08. The Kier molecular flexibility index (Phi) is 1.70. The van der Waals surface area contributed by atoms with E-state index in [4.69, 9.17) is 11.6 Å². The van der Waals surface area contributed by atoms with Crippen LogP contribution in [0.2, 0.25) is 5.02 Å². The van der Waals surface area contributed by atoms with Crippen molar-refractivity contribution in [3.05, 3.63) is 41.4 Å². The maximum Gasteiger partial charge on any atom is 0.142 e. The van der Waals surface area contributed by atoms with E-state index in [0.29, 0.717) is 0 Å². The predicted octanol–water partition coefficient (Wildman–Crippen LogP) is 3.03. The van der Waals surface area contributed by atoms with Gasteiger partial charge >= 0.3 is 0 Å². The normalized spacial score (nSPS) is 10.5. The van der Waals surface area contributed by atoms with Crippen molar-refractivity contribution >= 4 is 22.4 Å². The molecule has 12 heavy (non-hydrogen) atoms. The van der Waals surface area contributed by atoms with Crippen LogP contribution in [-0.4, -0.2) is 4.98 Å². The largest absolute Gasteiger partial charge is 0.264 e. The molecule has 0 fully saturated rings. The van der Waals surface area contributed by atoms with Crippen LogP contribution in [0.5, 0.6) is 0 Å². The van der Waals surface area contributed by atoms with Crippen LogP contribution < -0.4 is 0 Å². The Labute approximate surface area is 73.8 Å². The lowest BCUT2D eigenvalue weighted by molar-refractivity contribution is 0.630. The first kappa shape index (κ1) is 7.50. The Morgan fingerprint density at radius 1 is 1.25 bits per heavy atom. The van der Waals surface area contributed by atoms with Gasteiger partial charge < -0.3 is 0 Å². The summed E-state index contributed by atoms with van der Waals surface area (Å²) in [6.07, 6.45) is 3.26. The summed E-state index contributed by atoms with van der Waals surface area (Å²) in [5.41, 5.74) is 0. The number of aromatic nitrogens is 1. The third-order valence-electron chi connectivity index (χ3n) is 1.68. The maximum absolute atomic E-state index is 12.9. The first-order valence-corrected chi connectivity index (χ1v) is 3.84. The molecule has 0 N–H and O–H groups in total. The number of hydrogen-bond donors (Lipinski definition) is 0. The van der Waals surface area contributed by atoms with Crippen molar-refractivity contribution in [3.8, 4) is 0 Å². The smallest absolute Gasteiger partial charge is 0.142 e. The second-order valence-electron chi connectivity index (χ2n) is 2.49. The standard InChI is InChI=1S/C9H5ClFN/c10-8-3-6-1-2-12-5-7(6)4-9(8)11/h1-5H. The Morgan fingerprint density at radius 3 is 2.92 bits per heavy atom. The molecule has 0 spiro atoms. The van der Waals surface area contributed by atoms with Crippen molar-refractivity contribution in [2.24, 2.45) is 0 Å². The van der Waals surface area contributed by atoms with E-state index in [9.17, 15) is 4.39 Å². The van der Waals surface area contributed by atoms with E-state index < -0.39 is 5.82 Å². The van der Waals surface area contributed by atoms with Crippen LogP contribution in [0, 0.1) is 5.82 Å². The van der Waals surface area contributed by atoms with Crippen molar-refractivity contribution in [1.29, 1.82) is 0 Å². The number of halogens is 2. The van der Waals surface area contributed by atoms with Gasteiger partial charge in [0.1, 0.15) is 5.82 Å². The van der Waals surface area contributed by atoms with Crippen LogP contribution in [0.4, 0.5) is 4.39 Å². The summed E-state index contributed by atoms with van der Waals surface area (Å²) < 4.78 is 12.9. The molecule has 0 radical (unpaired) electrons. The van der Waals surface area contributed by atoms with Crippen LogP contribution in [-0.2, 0) is 0 Å². The Hall–Kier alpha value is -1.15. The molecule has 0 atom stereocenters. The molecule has 60 valence electrons. The number of nitrogens with zero attached hydrogens (tertiary/aromatic N) is 1. The molecule has 0 bridgehead atoms. The second kappa shape index (κ2) is 2.72. The third kappa shape index (κ3) is 1.14. The van der Waals surface area contributed by atoms with E-state index in [-0.39, 0.29) is 5.02 Å².